The Morgan fingerprint density at radius 1 is 0.253 bits per heavy atom. The third kappa shape index (κ3) is 67.2. The first-order valence-corrected chi connectivity index (χ1v) is 33.3. The molecule has 0 aliphatic heterocycles. The average Bonchev–Trinajstić information content (AvgIpc) is 3.49. The maximum absolute atomic E-state index is 12.9. The fraction of sp³-hybridized carbons (Fsp3) is 0.571. The molecule has 0 aromatic rings. The molecule has 0 rings (SSSR count). The van der Waals surface area contributed by atoms with Crippen LogP contribution < -0.4 is 0 Å². The summed E-state index contributed by atoms with van der Waals surface area (Å²) in [5.41, 5.74) is 0. The molecule has 0 spiro atoms. The number of unbranched alkanes of at least 4 members (excludes halogenated alkanes) is 17. The molecule has 1 unspecified atom stereocenters. The van der Waals surface area contributed by atoms with Gasteiger partial charge in [0, 0.05) is 19.3 Å². The van der Waals surface area contributed by atoms with Crippen molar-refractivity contribution < 1.29 is 28.6 Å². The summed E-state index contributed by atoms with van der Waals surface area (Å²) in [4.78, 5) is 38.3. The van der Waals surface area contributed by atoms with Gasteiger partial charge in [0.1, 0.15) is 13.2 Å². The third-order valence-corrected chi connectivity index (χ3v) is 13.4. The van der Waals surface area contributed by atoms with Crippen molar-refractivity contribution in [3.63, 3.8) is 0 Å². The normalized spacial score (nSPS) is 13.3. The fourth-order valence-corrected chi connectivity index (χ4v) is 8.49. The maximum Gasteiger partial charge on any atom is 0.306 e. The van der Waals surface area contributed by atoms with Crippen molar-refractivity contribution in [2.45, 2.75) is 271 Å². The summed E-state index contributed by atoms with van der Waals surface area (Å²) in [6.45, 7) is 6.28. The van der Waals surface area contributed by atoms with Gasteiger partial charge in [-0.15, -0.1) is 0 Å². The number of carbonyl (C=O) groups excluding carboxylic acids is 3. The van der Waals surface area contributed by atoms with Gasteiger partial charge in [-0.2, -0.15) is 0 Å². The SMILES string of the molecule is CC/C=C\C/C=C\C/C=C\C/C=C\C/C=C\C/C=C\C/C=C\C/C=C\C/C=C\CCCC(=O)OCC(COC(=O)CC/C=C\C/C=C\C/C=C\C/C=C\CC)OC(=O)CCCCCCCCCCCCC/C=C\C/C=C\CCCCCCC. The molecule has 0 amide bonds. The Labute approximate surface area is 510 Å². The van der Waals surface area contributed by atoms with E-state index >= 15 is 0 Å². The van der Waals surface area contributed by atoms with E-state index < -0.39 is 6.10 Å². The standard InChI is InChI=1S/C77H120O6/c1-4-7-10-13-16-19-22-25-27-29-31-33-35-36-37-38-39-40-42-43-45-47-49-52-55-58-61-64-67-70-76(79)82-73-74(72-81-75(78)69-66-63-60-57-54-51-24-21-18-15-12-9-6-3)83-77(80)71-68-65-62-59-56-53-50-48-46-44-41-34-32-30-28-26-23-20-17-14-11-8-5-2/h7,9-10,12,16,18-19,21,23,25-27,30-33,36-37,39-40,43,45,49,51-52,54,58,60-61,63,74H,4-6,8,11,13-15,17,20,22,24,28-29,34-35,38,41-42,44,46-48,50,53,55-57,59,62,64-73H2,1-3H3/b10-7-,12-9-,19-16-,21-18-,26-23-,27-25-,32-30-,33-31-,37-36-,40-39-,45-43-,52-49-,54-51-,61-58-,63-60-. The van der Waals surface area contributed by atoms with Crippen LogP contribution in [-0.4, -0.2) is 37.2 Å². The molecule has 0 N–H and O–H groups in total. The molecule has 464 valence electrons. The van der Waals surface area contributed by atoms with Gasteiger partial charge in [0.2, 0.25) is 0 Å². The van der Waals surface area contributed by atoms with Gasteiger partial charge in [-0.1, -0.05) is 287 Å². The second-order valence-electron chi connectivity index (χ2n) is 21.3. The van der Waals surface area contributed by atoms with Crippen LogP contribution in [0.1, 0.15) is 265 Å². The average molecular weight is 1140 g/mol. The van der Waals surface area contributed by atoms with Crippen LogP contribution in [0.3, 0.4) is 0 Å². The van der Waals surface area contributed by atoms with Crippen LogP contribution >= 0.6 is 0 Å². The van der Waals surface area contributed by atoms with E-state index in [1.54, 1.807) is 0 Å². The zero-order valence-corrected chi connectivity index (χ0v) is 53.1. The van der Waals surface area contributed by atoms with Crippen molar-refractivity contribution in [1.29, 1.82) is 0 Å². The fourth-order valence-electron chi connectivity index (χ4n) is 8.49. The molecule has 0 radical (unpaired) electrons. The number of hydrogen-bond donors (Lipinski definition) is 0. The summed E-state index contributed by atoms with van der Waals surface area (Å²) in [5.74, 6) is -1.08. The second-order valence-corrected chi connectivity index (χ2v) is 21.3. The summed E-state index contributed by atoms with van der Waals surface area (Å²) >= 11 is 0. The Morgan fingerprint density at radius 3 is 0.843 bits per heavy atom. The lowest BCUT2D eigenvalue weighted by atomic mass is 10.0. The molecule has 83 heavy (non-hydrogen) atoms. The molecule has 0 heterocycles. The topological polar surface area (TPSA) is 78.9 Å². The number of rotatable bonds is 58. The van der Waals surface area contributed by atoms with Crippen molar-refractivity contribution in [2.75, 3.05) is 13.2 Å². The number of hydrogen-bond acceptors (Lipinski definition) is 6. The highest BCUT2D eigenvalue weighted by Crippen LogP contribution is 2.14. The molecule has 0 aromatic carbocycles. The molecule has 6 nitrogen and oxygen atoms in total. The van der Waals surface area contributed by atoms with Crippen LogP contribution in [0.4, 0.5) is 0 Å². The van der Waals surface area contributed by atoms with E-state index in [0.29, 0.717) is 19.3 Å². The van der Waals surface area contributed by atoms with Crippen LogP contribution in [0.2, 0.25) is 0 Å². The smallest absolute Gasteiger partial charge is 0.306 e. The van der Waals surface area contributed by atoms with E-state index in [4.69, 9.17) is 14.2 Å². The van der Waals surface area contributed by atoms with Gasteiger partial charge < -0.3 is 14.2 Å². The quantitative estimate of drug-likeness (QED) is 0.0261. The minimum Gasteiger partial charge on any atom is -0.462 e. The van der Waals surface area contributed by atoms with E-state index in [1.807, 2.05) is 12.2 Å². The number of ether oxygens (including phenoxy) is 3. The Bertz CT molecular complexity index is 1940. The number of allylic oxidation sites excluding steroid dienone is 30. The van der Waals surface area contributed by atoms with E-state index in [2.05, 4.69) is 191 Å². The molecule has 1 atom stereocenters. The first-order valence-electron chi connectivity index (χ1n) is 33.3. The molecule has 0 saturated heterocycles. The van der Waals surface area contributed by atoms with Gasteiger partial charge in [0.05, 0.1) is 0 Å². The van der Waals surface area contributed by atoms with Crippen LogP contribution in [-0.2, 0) is 28.6 Å². The van der Waals surface area contributed by atoms with Gasteiger partial charge in [-0.25, -0.2) is 0 Å². The largest absolute Gasteiger partial charge is 0.462 e. The molecule has 0 aromatic heterocycles. The number of carbonyl (C=O) groups is 3. The molecule has 0 aliphatic carbocycles. The predicted molar refractivity (Wildman–Crippen MR) is 361 cm³/mol. The zero-order valence-electron chi connectivity index (χ0n) is 53.1. The highest BCUT2D eigenvalue weighted by molar-refractivity contribution is 5.71. The second kappa shape index (κ2) is 69.0. The first kappa shape index (κ1) is 77.5. The Morgan fingerprint density at radius 2 is 0.506 bits per heavy atom. The zero-order chi connectivity index (χ0) is 59.9. The summed E-state index contributed by atoms with van der Waals surface area (Å²) in [7, 11) is 0. The first-order chi connectivity index (χ1) is 41.0. The highest BCUT2D eigenvalue weighted by atomic mass is 16.6. The molecular weight excluding hydrogens is 1020 g/mol. The Balaban J connectivity index is 4.49. The van der Waals surface area contributed by atoms with E-state index in [9.17, 15) is 14.4 Å². The van der Waals surface area contributed by atoms with Gasteiger partial charge >= 0.3 is 17.9 Å². The lowest BCUT2D eigenvalue weighted by molar-refractivity contribution is -0.166. The van der Waals surface area contributed by atoms with E-state index in [-0.39, 0.29) is 44.0 Å². The Hall–Kier alpha value is -5.49. The van der Waals surface area contributed by atoms with Crippen molar-refractivity contribution in [2.24, 2.45) is 0 Å². The number of esters is 3. The summed E-state index contributed by atoms with van der Waals surface area (Å²) in [6, 6.07) is 0. The molecule has 0 aliphatic rings. The molecule has 0 bridgehead atoms. The monoisotopic (exact) mass is 1140 g/mol. The van der Waals surface area contributed by atoms with Gasteiger partial charge in [0.25, 0.3) is 0 Å². The van der Waals surface area contributed by atoms with Crippen LogP contribution in [0.25, 0.3) is 0 Å². The van der Waals surface area contributed by atoms with Gasteiger partial charge in [-0.05, 0) is 141 Å². The van der Waals surface area contributed by atoms with Crippen LogP contribution in [0.5, 0.6) is 0 Å². The molecule has 0 fully saturated rings. The summed E-state index contributed by atoms with van der Waals surface area (Å²) in [6.07, 6.45) is 104. The third-order valence-electron chi connectivity index (χ3n) is 13.4. The van der Waals surface area contributed by atoms with Crippen molar-refractivity contribution in [1.82, 2.24) is 0 Å². The van der Waals surface area contributed by atoms with E-state index in [0.717, 1.165) is 116 Å². The maximum atomic E-state index is 12.9. The van der Waals surface area contributed by atoms with Gasteiger partial charge in [0.15, 0.2) is 6.10 Å². The molecule has 6 heteroatoms. The van der Waals surface area contributed by atoms with E-state index in [1.165, 1.54) is 96.3 Å². The summed E-state index contributed by atoms with van der Waals surface area (Å²) < 4.78 is 16.8. The lowest BCUT2D eigenvalue weighted by Crippen LogP contribution is -2.30. The van der Waals surface area contributed by atoms with Crippen molar-refractivity contribution >= 4 is 17.9 Å². The van der Waals surface area contributed by atoms with Crippen molar-refractivity contribution in [3.05, 3.63) is 182 Å². The minimum atomic E-state index is -0.843. The van der Waals surface area contributed by atoms with Crippen LogP contribution in [0, 0.1) is 0 Å². The highest BCUT2D eigenvalue weighted by Gasteiger charge is 2.19. The lowest BCUT2D eigenvalue weighted by Gasteiger charge is -2.18. The van der Waals surface area contributed by atoms with Crippen molar-refractivity contribution in [3.8, 4) is 0 Å². The predicted octanol–water partition coefficient (Wildman–Crippen LogP) is 23.2. The van der Waals surface area contributed by atoms with Gasteiger partial charge in [-0.3, -0.25) is 14.4 Å². The minimum absolute atomic E-state index is 0.139. The Kier molecular flexibility index (Phi) is 64.4. The molecular formula is C77H120O6. The summed E-state index contributed by atoms with van der Waals surface area (Å²) in [5, 5.41) is 0. The molecule has 0 saturated carbocycles. The van der Waals surface area contributed by atoms with Crippen LogP contribution in [0.15, 0.2) is 182 Å².